The summed E-state index contributed by atoms with van der Waals surface area (Å²) in [4.78, 5) is 49.1. The molecule has 0 saturated heterocycles. The van der Waals surface area contributed by atoms with E-state index >= 15 is 0 Å². The molecule has 49 heavy (non-hydrogen) atoms. The number of carbonyl (C=O) groups excluding carboxylic acids is 3. The number of benzene rings is 2. The zero-order valence-corrected chi connectivity index (χ0v) is 29.2. The van der Waals surface area contributed by atoms with E-state index in [1.54, 1.807) is 48.3 Å². The number of rotatable bonds is 22. The van der Waals surface area contributed by atoms with Gasteiger partial charge in [-0.2, -0.15) is 0 Å². The largest absolute Gasteiger partial charge is 0.378 e. The molecule has 0 aliphatic rings. The number of ether oxygens (including phenoxy) is 3. The number of anilines is 2. The second-order valence-electron chi connectivity index (χ2n) is 11.4. The Kier molecular flexibility index (Phi) is 16.6. The first-order chi connectivity index (χ1) is 23.7. The fourth-order valence-electron chi connectivity index (χ4n) is 4.96. The molecule has 0 atom stereocenters. The monoisotopic (exact) mass is 677 g/mol. The highest BCUT2D eigenvalue weighted by atomic mass is 16.5. The lowest BCUT2D eigenvalue weighted by Gasteiger charge is -2.23. The van der Waals surface area contributed by atoms with Gasteiger partial charge in [0.05, 0.1) is 51.0 Å². The number of hydrogen-bond donors (Lipinski definition) is 3. The number of nitrogens with zero attached hydrogens (tertiary/aromatic N) is 4. The average molecular weight is 678 g/mol. The molecule has 0 aliphatic heterocycles. The van der Waals surface area contributed by atoms with Crippen LogP contribution in [-0.2, 0) is 14.2 Å². The van der Waals surface area contributed by atoms with Crippen LogP contribution < -0.4 is 21.7 Å². The van der Waals surface area contributed by atoms with Crippen LogP contribution in [0, 0.1) is 0 Å². The number of nitrogens with two attached hydrogens (primary N) is 2. The third kappa shape index (κ3) is 12.5. The van der Waals surface area contributed by atoms with Crippen LogP contribution in [0.25, 0.3) is 11.3 Å². The molecule has 1 aromatic heterocycles. The fourth-order valence-corrected chi connectivity index (χ4v) is 4.96. The topological polar surface area (TPSA) is 166 Å². The third-order valence-corrected chi connectivity index (χ3v) is 7.86. The Hall–Kier alpha value is -4.40. The summed E-state index contributed by atoms with van der Waals surface area (Å²) in [5.41, 5.74) is 14.5. The highest BCUT2D eigenvalue weighted by Crippen LogP contribution is 2.32. The van der Waals surface area contributed by atoms with E-state index in [0.29, 0.717) is 99.5 Å². The molecular formula is C36H51N7O6. The molecule has 3 aromatic rings. The lowest BCUT2D eigenvalue weighted by Crippen LogP contribution is -2.36. The van der Waals surface area contributed by atoms with Crippen molar-refractivity contribution in [3.63, 3.8) is 0 Å². The van der Waals surface area contributed by atoms with Crippen LogP contribution in [0.2, 0.25) is 0 Å². The van der Waals surface area contributed by atoms with Gasteiger partial charge in [-0.25, -0.2) is 0 Å². The highest BCUT2D eigenvalue weighted by molar-refractivity contribution is 6.08. The van der Waals surface area contributed by atoms with Gasteiger partial charge in [0.2, 0.25) is 5.91 Å². The van der Waals surface area contributed by atoms with Crippen molar-refractivity contribution in [2.45, 2.75) is 13.8 Å². The third-order valence-electron chi connectivity index (χ3n) is 7.86. The van der Waals surface area contributed by atoms with Gasteiger partial charge in [0.1, 0.15) is 0 Å². The maximum absolute atomic E-state index is 13.5. The molecule has 13 nitrogen and oxygen atoms in total. The lowest BCUT2D eigenvalue weighted by atomic mass is 10.0. The van der Waals surface area contributed by atoms with Crippen molar-refractivity contribution in [3.05, 3.63) is 77.5 Å². The Labute approximate surface area is 289 Å². The number of likely N-dealkylation sites (N-methyl/N-ethyl adjacent to an activating group) is 2. The highest BCUT2D eigenvalue weighted by Gasteiger charge is 2.18. The molecule has 266 valence electrons. The van der Waals surface area contributed by atoms with E-state index in [1.807, 2.05) is 25.2 Å². The Balaban J connectivity index is 1.59. The number of carbonyl (C=O) groups is 3. The molecule has 0 unspecified atom stereocenters. The summed E-state index contributed by atoms with van der Waals surface area (Å²) < 4.78 is 16.3. The standard InChI is InChI=1S/C36H51N7O6/c1-5-43(6-2)30-10-11-32(31(26-30)33-25-27(34(38)44)12-14-39-33)40-35(45)28-8-7-9-29(24-28)36(46)42(4)16-15-41(3)17-19-48-21-23-49-22-20-47-18-13-37/h7-12,14,24-26H,5-6,13,15-23,37H2,1-4H3,(H2,38,44)(H,40,45). The number of primary amides is 1. The SMILES string of the molecule is CCN(CC)c1ccc(NC(=O)c2cccc(C(=O)N(C)CCN(C)CCOCCOCCOCCN)c2)c(-c2cc(C(N)=O)ccn2)c1. The maximum atomic E-state index is 13.5. The van der Waals surface area contributed by atoms with Gasteiger partial charge in [-0.3, -0.25) is 19.4 Å². The molecule has 0 radical (unpaired) electrons. The van der Waals surface area contributed by atoms with Gasteiger partial charge in [0.25, 0.3) is 11.8 Å². The predicted octanol–water partition coefficient (Wildman–Crippen LogP) is 2.96. The van der Waals surface area contributed by atoms with Crippen LogP contribution in [0.1, 0.15) is 44.9 Å². The molecule has 0 fully saturated rings. The van der Waals surface area contributed by atoms with Gasteiger partial charge in [-0.15, -0.1) is 0 Å². The minimum absolute atomic E-state index is 0.191. The van der Waals surface area contributed by atoms with Crippen molar-refractivity contribution in [2.75, 3.05) is 103 Å². The predicted molar refractivity (Wildman–Crippen MR) is 192 cm³/mol. The van der Waals surface area contributed by atoms with Crippen molar-refractivity contribution in [3.8, 4) is 11.3 Å². The van der Waals surface area contributed by atoms with Gasteiger partial charge in [0.15, 0.2) is 0 Å². The smallest absolute Gasteiger partial charge is 0.255 e. The minimum atomic E-state index is -0.570. The van der Waals surface area contributed by atoms with Gasteiger partial charge < -0.3 is 45.7 Å². The molecule has 0 bridgehead atoms. The molecule has 5 N–H and O–H groups in total. The fraction of sp³-hybridized carbons (Fsp3) is 0.444. The Bertz CT molecular complexity index is 1500. The summed E-state index contributed by atoms with van der Waals surface area (Å²) in [7, 11) is 3.71. The van der Waals surface area contributed by atoms with Crippen molar-refractivity contribution < 1.29 is 28.6 Å². The van der Waals surface area contributed by atoms with Crippen LogP contribution in [0.5, 0.6) is 0 Å². The molecule has 2 aromatic carbocycles. The zero-order chi connectivity index (χ0) is 35.6. The van der Waals surface area contributed by atoms with Gasteiger partial charge >= 0.3 is 0 Å². The summed E-state index contributed by atoms with van der Waals surface area (Å²) in [6.45, 7) is 11.2. The van der Waals surface area contributed by atoms with E-state index in [2.05, 4.69) is 33.9 Å². The van der Waals surface area contributed by atoms with Crippen molar-refractivity contribution in [1.82, 2.24) is 14.8 Å². The molecule has 3 rings (SSSR count). The molecule has 0 saturated carbocycles. The maximum Gasteiger partial charge on any atom is 0.255 e. The van der Waals surface area contributed by atoms with E-state index in [9.17, 15) is 14.4 Å². The summed E-state index contributed by atoms with van der Waals surface area (Å²) in [6, 6.07) is 15.5. The molecule has 1 heterocycles. The van der Waals surface area contributed by atoms with Gasteiger partial charge in [-0.05, 0) is 69.4 Å². The Morgan fingerprint density at radius 3 is 2.12 bits per heavy atom. The number of nitrogens with one attached hydrogen (secondary N) is 1. The van der Waals surface area contributed by atoms with Crippen LogP contribution in [-0.4, -0.2) is 126 Å². The quantitative estimate of drug-likeness (QED) is 0.135. The Morgan fingerprint density at radius 2 is 1.45 bits per heavy atom. The van der Waals surface area contributed by atoms with Crippen molar-refractivity contribution >= 4 is 29.1 Å². The van der Waals surface area contributed by atoms with E-state index in [-0.39, 0.29) is 11.8 Å². The van der Waals surface area contributed by atoms with Gasteiger partial charge in [0, 0.05) is 80.5 Å². The zero-order valence-electron chi connectivity index (χ0n) is 29.2. The number of hydrogen-bond acceptors (Lipinski definition) is 10. The summed E-state index contributed by atoms with van der Waals surface area (Å²) >= 11 is 0. The molecule has 0 spiro atoms. The molecule has 3 amide bonds. The summed E-state index contributed by atoms with van der Waals surface area (Å²) in [5, 5.41) is 2.98. The summed E-state index contributed by atoms with van der Waals surface area (Å²) in [6.07, 6.45) is 1.52. The molecular weight excluding hydrogens is 626 g/mol. The van der Waals surface area contributed by atoms with Crippen LogP contribution in [0.3, 0.4) is 0 Å². The number of aromatic nitrogens is 1. The molecule has 0 aliphatic carbocycles. The van der Waals surface area contributed by atoms with E-state index in [0.717, 1.165) is 18.8 Å². The first-order valence-corrected chi connectivity index (χ1v) is 16.6. The van der Waals surface area contributed by atoms with Crippen LogP contribution >= 0.6 is 0 Å². The lowest BCUT2D eigenvalue weighted by molar-refractivity contribution is 0.0127. The second kappa shape index (κ2) is 20.9. The van der Waals surface area contributed by atoms with E-state index < -0.39 is 5.91 Å². The first-order valence-electron chi connectivity index (χ1n) is 16.6. The number of pyridine rings is 1. The average Bonchev–Trinajstić information content (AvgIpc) is 3.12. The second-order valence-corrected chi connectivity index (χ2v) is 11.4. The van der Waals surface area contributed by atoms with Crippen molar-refractivity contribution in [1.29, 1.82) is 0 Å². The Morgan fingerprint density at radius 1 is 0.776 bits per heavy atom. The minimum Gasteiger partial charge on any atom is -0.378 e. The van der Waals surface area contributed by atoms with E-state index in [4.69, 9.17) is 25.7 Å². The first kappa shape index (κ1) is 39.0. The number of amides is 3. The summed E-state index contributed by atoms with van der Waals surface area (Å²) in [5.74, 6) is -1.14. The van der Waals surface area contributed by atoms with Crippen LogP contribution in [0.15, 0.2) is 60.8 Å². The van der Waals surface area contributed by atoms with Crippen LogP contribution in [0.4, 0.5) is 11.4 Å². The normalized spacial score (nSPS) is 11.1. The van der Waals surface area contributed by atoms with Gasteiger partial charge in [-0.1, -0.05) is 6.07 Å². The van der Waals surface area contributed by atoms with Crippen molar-refractivity contribution in [2.24, 2.45) is 11.5 Å². The molecule has 13 heteroatoms. The van der Waals surface area contributed by atoms with E-state index in [1.165, 1.54) is 6.20 Å².